The largest absolute Gasteiger partial charge is 0.480 e. The average Bonchev–Trinajstić information content (AvgIpc) is 3.18. The Morgan fingerprint density at radius 3 is 2.64 bits per heavy atom. The second kappa shape index (κ2) is 11.5. The van der Waals surface area contributed by atoms with E-state index in [0.29, 0.717) is 12.3 Å². The van der Waals surface area contributed by atoms with Crippen molar-refractivity contribution in [3.8, 4) is 0 Å². The first-order valence-corrected chi connectivity index (χ1v) is 14.2. The van der Waals surface area contributed by atoms with Gasteiger partial charge in [-0.05, 0) is 43.6 Å². The minimum atomic E-state index is -1.80. The molecule has 1 spiro atoms. The van der Waals surface area contributed by atoms with Crippen LogP contribution in [-0.4, -0.2) is 63.0 Å². The first-order chi connectivity index (χ1) is 19.8. The molecule has 1 aromatic rings. The van der Waals surface area contributed by atoms with Crippen molar-refractivity contribution in [1.29, 1.82) is 0 Å². The Balaban J connectivity index is 1.20. The Labute approximate surface area is 241 Å². The molecule has 4 saturated heterocycles. The van der Waals surface area contributed by atoms with Crippen LogP contribution in [-0.2, 0) is 38.4 Å². The number of ether oxygens (including phenoxy) is 3. The Bertz CT molecular complexity index is 1240. The van der Waals surface area contributed by atoms with E-state index in [1.54, 1.807) is 6.92 Å². The van der Waals surface area contributed by atoms with Gasteiger partial charge in [0.05, 0.1) is 11.3 Å². The number of benzene rings is 1. The van der Waals surface area contributed by atoms with Gasteiger partial charge in [0, 0.05) is 36.8 Å². The molecule has 0 unspecified atom stereocenters. The summed E-state index contributed by atoms with van der Waals surface area (Å²) in [7, 11) is 0. The zero-order valence-electron chi connectivity index (χ0n) is 23.6. The van der Waals surface area contributed by atoms with E-state index in [1.807, 2.05) is 6.92 Å². The molecule has 1 amide bonds. The molecule has 42 heavy (non-hydrogen) atoms. The van der Waals surface area contributed by atoms with Crippen molar-refractivity contribution in [2.45, 2.75) is 95.4 Å². The third-order valence-electron chi connectivity index (χ3n) is 9.22. The van der Waals surface area contributed by atoms with E-state index >= 15 is 0 Å². The van der Waals surface area contributed by atoms with Crippen LogP contribution in [0.4, 0.5) is 5.69 Å². The molecule has 6 rings (SSSR count). The number of aliphatic hydroxyl groups excluding tert-OH is 1. The van der Waals surface area contributed by atoms with Crippen LogP contribution in [0.15, 0.2) is 24.3 Å². The van der Waals surface area contributed by atoms with Gasteiger partial charge in [-0.1, -0.05) is 26.0 Å². The molecule has 3 N–H and O–H groups in total. The number of hydrogen-bond donors (Lipinski definition) is 3. The number of nitrogens with one attached hydrogen (secondary N) is 1. The van der Waals surface area contributed by atoms with Gasteiger partial charge < -0.3 is 29.7 Å². The lowest BCUT2D eigenvalue weighted by Gasteiger charge is -2.59. The second-order valence-electron chi connectivity index (χ2n) is 11.9. The van der Waals surface area contributed by atoms with Crippen LogP contribution in [0.1, 0.15) is 71.0 Å². The topological polar surface area (TPSA) is 193 Å². The summed E-state index contributed by atoms with van der Waals surface area (Å²) in [5.74, 6) is -3.90. The summed E-state index contributed by atoms with van der Waals surface area (Å²) in [5, 5.41) is 33.3. The average molecular weight is 593 g/mol. The number of aliphatic carboxylic acids is 1. The highest BCUT2D eigenvalue weighted by Gasteiger charge is 2.69. The maximum atomic E-state index is 12.8. The van der Waals surface area contributed by atoms with E-state index in [-0.39, 0.29) is 35.4 Å². The van der Waals surface area contributed by atoms with Gasteiger partial charge in [0.15, 0.2) is 17.9 Å². The molecule has 14 nitrogen and oxygen atoms in total. The van der Waals surface area contributed by atoms with Gasteiger partial charge in [-0.2, -0.15) is 0 Å². The van der Waals surface area contributed by atoms with E-state index in [2.05, 4.69) is 12.2 Å². The van der Waals surface area contributed by atoms with Crippen molar-refractivity contribution in [3.05, 3.63) is 39.9 Å². The van der Waals surface area contributed by atoms with E-state index in [4.69, 9.17) is 24.0 Å². The lowest BCUT2D eigenvalue weighted by atomic mass is 9.58. The highest BCUT2D eigenvalue weighted by atomic mass is 17.3. The van der Waals surface area contributed by atoms with Crippen LogP contribution < -0.4 is 5.32 Å². The second-order valence-corrected chi connectivity index (χ2v) is 11.9. The number of carboxylic acids is 1. The van der Waals surface area contributed by atoms with Gasteiger partial charge in [0.2, 0.25) is 18.0 Å². The summed E-state index contributed by atoms with van der Waals surface area (Å²) in [6.45, 7) is 5.90. The molecular formula is C28H36N2O12. The first kappa shape index (κ1) is 30.3. The van der Waals surface area contributed by atoms with Crippen LogP contribution in [0.3, 0.4) is 0 Å². The standard InChI is InChI=1S/C28H36N2O12/c1-14-7-8-19-15(2)25(39-26-28(19)18(14)11-12-27(3,40-26)41-42-28)38-21(32)10-9-20(31)29-22(24(34)35)23(33)16-5-4-6-17(13-16)30(36)37/h4-6,13-15,18-19,22-23,25-26,33H,7-12H2,1-3H3,(H,29,31)(H,34,35)/t14-,15-,18+,19+,22-,23-,25-,26-,27-,28-/m1/s1. The molecule has 0 aromatic heterocycles. The van der Waals surface area contributed by atoms with Crippen LogP contribution in [0.2, 0.25) is 0 Å². The molecule has 4 heterocycles. The van der Waals surface area contributed by atoms with Crippen LogP contribution in [0, 0.1) is 33.8 Å². The Kier molecular flexibility index (Phi) is 8.29. The van der Waals surface area contributed by atoms with Crippen LogP contribution in [0.25, 0.3) is 0 Å². The molecule has 5 fully saturated rings. The van der Waals surface area contributed by atoms with Crippen molar-refractivity contribution in [3.63, 3.8) is 0 Å². The van der Waals surface area contributed by atoms with Crippen molar-refractivity contribution in [1.82, 2.24) is 5.32 Å². The van der Waals surface area contributed by atoms with Gasteiger partial charge in [0.1, 0.15) is 6.10 Å². The first-order valence-electron chi connectivity index (χ1n) is 14.2. The fourth-order valence-corrected chi connectivity index (χ4v) is 6.95. The number of non-ortho nitro benzene ring substituents is 1. The number of hydrogen-bond acceptors (Lipinski definition) is 11. The maximum Gasteiger partial charge on any atom is 0.329 e. The molecule has 5 aliphatic rings. The molecule has 230 valence electrons. The number of aliphatic hydroxyl groups is 1. The minimum Gasteiger partial charge on any atom is -0.480 e. The third-order valence-corrected chi connectivity index (χ3v) is 9.22. The summed E-state index contributed by atoms with van der Waals surface area (Å²) in [6, 6.07) is 3.01. The fourth-order valence-electron chi connectivity index (χ4n) is 6.95. The summed E-state index contributed by atoms with van der Waals surface area (Å²) in [4.78, 5) is 59.3. The Morgan fingerprint density at radius 2 is 1.93 bits per heavy atom. The fraction of sp³-hybridized carbons (Fsp3) is 0.679. The SMILES string of the molecule is C[C@H]1[C@H](OC(=O)CCC(=O)N[C@@H](C(=O)O)[C@H](O)c2cccc([N+](=O)[O-])c2)O[C@@H]2O[C@@]3(C)CC[C@H]4[C@H](C)CC[C@@H]1[C@@]24OO3. The van der Waals surface area contributed by atoms with E-state index in [9.17, 15) is 34.7 Å². The number of carbonyl (C=O) groups excluding carboxylic acids is 2. The molecular weight excluding hydrogens is 556 g/mol. The van der Waals surface area contributed by atoms with E-state index in [1.165, 1.54) is 18.2 Å². The lowest BCUT2D eigenvalue weighted by molar-refractivity contribution is -0.576. The zero-order chi connectivity index (χ0) is 30.4. The van der Waals surface area contributed by atoms with Gasteiger partial charge >= 0.3 is 11.9 Å². The number of carboxylic acid groups (broad SMARTS) is 1. The Hall–Kier alpha value is -3.17. The van der Waals surface area contributed by atoms with Crippen LogP contribution >= 0.6 is 0 Å². The number of esters is 1. The summed E-state index contributed by atoms with van der Waals surface area (Å²) in [6.07, 6.45) is -1.06. The summed E-state index contributed by atoms with van der Waals surface area (Å²) < 4.78 is 18.1. The minimum absolute atomic E-state index is 0.0606. The van der Waals surface area contributed by atoms with Crippen molar-refractivity contribution < 1.29 is 53.5 Å². The number of carbonyl (C=O) groups is 3. The predicted octanol–water partition coefficient (Wildman–Crippen LogP) is 2.73. The molecule has 14 heteroatoms. The monoisotopic (exact) mass is 592 g/mol. The number of nitro groups is 1. The normalized spacial score (nSPS) is 36.6. The van der Waals surface area contributed by atoms with Gasteiger partial charge in [-0.25, -0.2) is 14.6 Å². The predicted molar refractivity (Wildman–Crippen MR) is 140 cm³/mol. The van der Waals surface area contributed by atoms with E-state index < -0.39 is 65.3 Å². The number of nitrogens with zero attached hydrogens (tertiary/aromatic N) is 1. The number of amides is 1. The molecule has 0 radical (unpaired) electrons. The van der Waals surface area contributed by atoms with Crippen molar-refractivity contribution in [2.75, 3.05) is 0 Å². The lowest BCUT2D eigenvalue weighted by Crippen LogP contribution is -2.70. The summed E-state index contributed by atoms with van der Waals surface area (Å²) >= 11 is 0. The zero-order valence-corrected chi connectivity index (χ0v) is 23.6. The smallest absolute Gasteiger partial charge is 0.329 e. The van der Waals surface area contributed by atoms with Gasteiger partial charge in [0.25, 0.3) is 5.69 Å². The summed E-state index contributed by atoms with van der Waals surface area (Å²) in [5.41, 5.74) is -1.22. The molecule has 4 aliphatic heterocycles. The number of fused-ring (bicyclic) bond motifs is 2. The molecule has 2 bridgehead atoms. The van der Waals surface area contributed by atoms with Crippen molar-refractivity contribution in [2.24, 2.45) is 23.7 Å². The number of nitro benzene ring substituents is 1. The van der Waals surface area contributed by atoms with Crippen LogP contribution in [0.5, 0.6) is 0 Å². The third kappa shape index (κ3) is 5.49. The van der Waals surface area contributed by atoms with Gasteiger partial charge in [-0.15, -0.1) is 0 Å². The highest BCUT2D eigenvalue weighted by Crippen LogP contribution is 2.60. The molecule has 10 atom stereocenters. The molecule has 1 saturated carbocycles. The van der Waals surface area contributed by atoms with Gasteiger partial charge in [-0.3, -0.25) is 19.7 Å². The molecule has 1 aromatic carbocycles. The maximum absolute atomic E-state index is 12.8. The Morgan fingerprint density at radius 1 is 1.17 bits per heavy atom. The van der Waals surface area contributed by atoms with E-state index in [0.717, 1.165) is 25.3 Å². The highest BCUT2D eigenvalue weighted by molar-refractivity contribution is 5.86. The number of rotatable bonds is 9. The molecule has 1 aliphatic carbocycles. The van der Waals surface area contributed by atoms with Crippen molar-refractivity contribution >= 4 is 23.5 Å². The quantitative estimate of drug-likeness (QED) is 0.165.